The van der Waals surface area contributed by atoms with E-state index < -0.39 is 15.9 Å². The lowest BCUT2D eigenvalue weighted by molar-refractivity contribution is 0.102. The summed E-state index contributed by atoms with van der Waals surface area (Å²) >= 11 is 7.10. The lowest BCUT2D eigenvalue weighted by Gasteiger charge is -2.09. The number of sulfonamides is 1. The largest absolute Gasteiger partial charge is 0.454 e. The molecule has 0 saturated carbocycles. The van der Waals surface area contributed by atoms with E-state index in [0.717, 1.165) is 5.56 Å². The highest BCUT2D eigenvalue weighted by Gasteiger charge is 2.17. The van der Waals surface area contributed by atoms with Crippen molar-refractivity contribution in [3.8, 4) is 22.8 Å². The number of hydrogen-bond donors (Lipinski definition) is 2. The van der Waals surface area contributed by atoms with Gasteiger partial charge in [-0.1, -0.05) is 17.7 Å². The number of carbonyl (C=O) groups excluding carboxylic acids is 1. The first-order valence-corrected chi connectivity index (χ1v) is 12.7. The number of nitrogens with zero attached hydrogens (tertiary/aromatic N) is 1. The van der Waals surface area contributed by atoms with Gasteiger partial charge in [0, 0.05) is 27.2 Å². The molecule has 2 heterocycles. The maximum atomic E-state index is 12.8. The van der Waals surface area contributed by atoms with Crippen molar-refractivity contribution < 1.29 is 22.7 Å². The number of aromatic nitrogens is 1. The molecule has 2 N–H and O–H groups in total. The van der Waals surface area contributed by atoms with Crippen LogP contribution in [0.25, 0.3) is 11.3 Å². The van der Waals surface area contributed by atoms with Gasteiger partial charge < -0.3 is 9.47 Å². The Morgan fingerprint density at radius 1 is 1.00 bits per heavy atom. The lowest BCUT2D eigenvalue weighted by Crippen LogP contribution is -2.15. The van der Waals surface area contributed by atoms with Gasteiger partial charge in [0.25, 0.3) is 15.9 Å². The molecule has 0 spiro atoms. The van der Waals surface area contributed by atoms with E-state index in [1.807, 2.05) is 23.6 Å². The summed E-state index contributed by atoms with van der Waals surface area (Å²) in [5.41, 5.74) is 2.04. The Morgan fingerprint density at radius 3 is 2.62 bits per heavy atom. The van der Waals surface area contributed by atoms with E-state index in [4.69, 9.17) is 21.1 Å². The minimum atomic E-state index is -3.83. The summed E-state index contributed by atoms with van der Waals surface area (Å²) in [6, 6.07) is 17.5. The highest BCUT2D eigenvalue weighted by molar-refractivity contribution is 7.92. The third kappa shape index (κ3) is 4.69. The van der Waals surface area contributed by atoms with Crippen molar-refractivity contribution in [2.75, 3.05) is 16.8 Å². The van der Waals surface area contributed by atoms with Gasteiger partial charge in [0.05, 0.1) is 10.6 Å². The van der Waals surface area contributed by atoms with Crippen LogP contribution < -0.4 is 19.5 Å². The summed E-state index contributed by atoms with van der Waals surface area (Å²) in [5, 5.41) is 5.41. The Hall–Kier alpha value is -3.60. The third-order valence-corrected chi connectivity index (χ3v) is 7.30. The number of carbonyl (C=O) groups is 1. The second kappa shape index (κ2) is 8.98. The van der Waals surface area contributed by atoms with Crippen LogP contribution in [0.1, 0.15) is 10.4 Å². The van der Waals surface area contributed by atoms with Crippen LogP contribution in [0.2, 0.25) is 5.02 Å². The molecule has 4 aromatic rings. The summed E-state index contributed by atoms with van der Waals surface area (Å²) in [4.78, 5) is 17.3. The number of amides is 1. The van der Waals surface area contributed by atoms with Crippen LogP contribution in [0, 0.1) is 0 Å². The average Bonchev–Trinajstić information content (AvgIpc) is 3.48. The number of rotatable bonds is 6. The predicted molar refractivity (Wildman–Crippen MR) is 130 cm³/mol. The molecule has 1 amide bonds. The smallest absolute Gasteiger partial charge is 0.261 e. The van der Waals surface area contributed by atoms with Crippen LogP contribution in [0.3, 0.4) is 0 Å². The van der Waals surface area contributed by atoms with Gasteiger partial charge in [-0.15, -0.1) is 11.3 Å². The van der Waals surface area contributed by atoms with E-state index in [0.29, 0.717) is 27.3 Å². The first-order valence-electron chi connectivity index (χ1n) is 9.93. The van der Waals surface area contributed by atoms with Crippen molar-refractivity contribution in [1.82, 2.24) is 4.98 Å². The Bertz CT molecular complexity index is 1490. The zero-order valence-corrected chi connectivity index (χ0v) is 19.7. The zero-order chi connectivity index (χ0) is 23.7. The molecule has 0 radical (unpaired) electrons. The Labute approximate surface area is 204 Å². The normalized spacial score (nSPS) is 12.4. The number of nitrogens with one attached hydrogen (secondary N) is 2. The van der Waals surface area contributed by atoms with Crippen molar-refractivity contribution in [3.05, 3.63) is 82.7 Å². The van der Waals surface area contributed by atoms with Crippen molar-refractivity contribution in [2.24, 2.45) is 0 Å². The maximum absolute atomic E-state index is 12.8. The lowest BCUT2D eigenvalue weighted by atomic mass is 10.1. The van der Waals surface area contributed by atoms with Crippen LogP contribution >= 0.6 is 22.9 Å². The molecule has 3 aromatic carbocycles. The van der Waals surface area contributed by atoms with Gasteiger partial charge in [-0.3, -0.25) is 14.8 Å². The summed E-state index contributed by atoms with van der Waals surface area (Å²) in [7, 11) is -3.83. The van der Waals surface area contributed by atoms with Crippen molar-refractivity contribution in [1.29, 1.82) is 0 Å². The van der Waals surface area contributed by atoms with Crippen LogP contribution in [0.4, 0.5) is 10.8 Å². The second-order valence-electron chi connectivity index (χ2n) is 7.20. The molecular formula is C23H16ClN3O5S2. The van der Waals surface area contributed by atoms with Gasteiger partial charge in [-0.25, -0.2) is 13.4 Å². The van der Waals surface area contributed by atoms with Crippen molar-refractivity contribution in [2.45, 2.75) is 4.90 Å². The molecule has 1 aromatic heterocycles. The summed E-state index contributed by atoms with van der Waals surface area (Å²) in [6.07, 6.45) is 0. The highest BCUT2D eigenvalue weighted by Crippen LogP contribution is 2.36. The first-order chi connectivity index (χ1) is 16.4. The highest BCUT2D eigenvalue weighted by atomic mass is 35.5. The molecular weight excluding hydrogens is 498 g/mol. The third-order valence-electron chi connectivity index (χ3n) is 4.89. The van der Waals surface area contributed by atoms with E-state index in [2.05, 4.69) is 15.0 Å². The Kier molecular flexibility index (Phi) is 5.86. The first kappa shape index (κ1) is 22.2. The molecule has 172 valence electrons. The SMILES string of the molecule is O=C(Nc1nc(-c2ccc3c(c2)OCO3)cs1)c1cccc(NS(=O)(=O)c2ccc(Cl)cc2)c1. The number of benzene rings is 3. The molecule has 8 nitrogen and oxygen atoms in total. The average molecular weight is 514 g/mol. The van der Waals surface area contributed by atoms with E-state index in [1.54, 1.807) is 18.2 Å². The zero-order valence-electron chi connectivity index (χ0n) is 17.3. The fraction of sp³-hybridized carbons (Fsp3) is 0.0435. The molecule has 0 saturated heterocycles. The molecule has 0 unspecified atom stereocenters. The topological polar surface area (TPSA) is 107 Å². The van der Waals surface area contributed by atoms with E-state index in [1.165, 1.54) is 41.7 Å². The molecule has 5 rings (SSSR count). The molecule has 0 bridgehead atoms. The number of thiazole rings is 1. The molecule has 11 heteroatoms. The molecule has 0 fully saturated rings. The van der Waals surface area contributed by atoms with E-state index >= 15 is 0 Å². The second-order valence-corrected chi connectivity index (χ2v) is 10.2. The number of fused-ring (bicyclic) bond motifs is 1. The van der Waals surface area contributed by atoms with Crippen LogP contribution in [0.5, 0.6) is 11.5 Å². The predicted octanol–water partition coefficient (Wildman–Crippen LogP) is 5.25. The van der Waals surface area contributed by atoms with Crippen LogP contribution in [-0.4, -0.2) is 26.1 Å². The van der Waals surface area contributed by atoms with Gasteiger partial charge >= 0.3 is 0 Å². The summed E-state index contributed by atoms with van der Waals surface area (Å²) in [5.74, 6) is 0.909. The fourth-order valence-electron chi connectivity index (χ4n) is 3.24. The van der Waals surface area contributed by atoms with Gasteiger partial charge in [0.1, 0.15) is 0 Å². The number of hydrogen-bond acceptors (Lipinski definition) is 7. The molecule has 1 aliphatic heterocycles. The molecule has 34 heavy (non-hydrogen) atoms. The van der Waals surface area contributed by atoms with Gasteiger partial charge in [-0.05, 0) is 60.7 Å². The van der Waals surface area contributed by atoms with Crippen molar-refractivity contribution >= 4 is 49.7 Å². The quantitative estimate of drug-likeness (QED) is 0.365. The van der Waals surface area contributed by atoms with Crippen LogP contribution in [0.15, 0.2) is 77.0 Å². The van der Waals surface area contributed by atoms with Crippen molar-refractivity contribution in [3.63, 3.8) is 0 Å². The standard InChI is InChI=1S/C23H16ClN3O5S2/c24-16-5-7-18(8-6-16)34(29,30)27-17-3-1-2-15(10-17)22(28)26-23-25-19(12-33-23)14-4-9-20-21(11-14)32-13-31-20/h1-12,27H,13H2,(H,25,26,28). The monoisotopic (exact) mass is 513 g/mol. The fourth-order valence-corrected chi connectivity index (χ4v) is 5.13. The van der Waals surface area contributed by atoms with E-state index in [-0.39, 0.29) is 22.9 Å². The van der Waals surface area contributed by atoms with E-state index in [9.17, 15) is 13.2 Å². The van der Waals surface area contributed by atoms with Gasteiger partial charge in [0.2, 0.25) is 6.79 Å². The van der Waals surface area contributed by atoms with Crippen LogP contribution in [-0.2, 0) is 10.0 Å². The van der Waals surface area contributed by atoms with Gasteiger partial charge in [-0.2, -0.15) is 0 Å². The summed E-state index contributed by atoms with van der Waals surface area (Å²) < 4.78 is 38.4. The molecule has 1 aliphatic rings. The Morgan fingerprint density at radius 2 is 1.79 bits per heavy atom. The number of ether oxygens (including phenoxy) is 2. The number of anilines is 2. The maximum Gasteiger partial charge on any atom is 0.261 e. The number of halogens is 1. The Balaban J connectivity index is 1.29. The minimum absolute atomic E-state index is 0.0607. The van der Waals surface area contributed by atoms with Gasteiger partial charge in [0.15, 0.2) is 16.6 Å². The summed E-state index contributed by atoms with van der Waals surface area (Å²) in [6.45, 7) is 0.187. The minimum Gasteiger partial charge on any atom is -0.454 e. The molecule has 0 atom stereocenters. The molecule has 0 aliphatic carbocycles.